The third-order valence-corrected chi connectivity index (χ3v) is 4.20. The Morgan fingerprint density at radius 1 is 1.24 bits per heavy atom. The molecule has 0 aliphatic rings. The van der Waals surface area contributed by atoms with Crippen LogP contribution >= 0.6 is 23.4 Å². The quantitative estimate of drug-likeness (QED) is 0.688. The smallest absolute Gasteiger partial charge is 0.237 e. The third kappa shape index (κ3) is 3.08. The van der Waals surface area contributed by atoms with Crippen molar-refractivity contribution in [2.75, 3.05) is 0 Å². The summed E-state index contributed by atoms with van der Waals surface area (Å²) in [5.41, 5.74) is 0.869. The summed E-state index contributed by atoms with van der Waals surface area (Å²) in [7, 11) is 1.92. The summed E-state index contributed by atoms with van der Waals surface area (Å²) in [6, 6.07) is 7.31. The highest BCUT2D eigenvalue weighted by atomic mass is 35.5. The van der Waals surface area contributed by atoms with Crippen molar-refractivity contribution >= 4 is 23.4 Å². The van der Waals surface area contributed by atoms with E-state index in [9.17, 15) is 0 Å². The molecule has 1 aromatic carbocycles. The number of nitrogens with zero attached hydrogens (tertiary/aromatic N) is 5. The average molecular weight is 322 g/mol. The molecule has 21 heavy (non-hydrogen) atoms. The second-order valence-corrected chi connectivity index (χ2v) is 5.78. The van der Waals surface area contributed by atoms with Gasteiger partial charge < -0.3 is 9.09 Å². The molecule has 0 N–H and O–H groups in total. The van der Waals surface area contributed by atoms with Crippen LogP contribution in [0.2, 0.25) is 5.02 Å². The molecule has 0 saturated heterocycles. The number of benzene rings is 1. The molecule has 0 spiro atoms. The number of halogens is 1. The largest absolute Gasteiger partial charge is 0.338 e. The highest BCUT2D eigenvalue weighted by molar-refractivity contribution is 7.98. The maximum atomic E-state index is 5.86. The molecule has 6 nitrogen and oxygen atoms in total. The number of hydrogen-bond acceptors (Lipinski definition) is 6. The summed E-state index contributed by atoms with van der Waals surface area (Å²) in [5.74, 6) is 2.51. The summed E-state index contributed by atoms with van der Waals surface area (Å²) >= 11 is 7.36. The number of aromatic nitrogens is 5. The van der Waals surface area contributed by atoms with Gasteiger partial charge in [-0.15, -0.1) is 10.2 Å². The fourth-order valence-electron chi connectivity index (χ4n) is 1.67. The zero-order valence-corrected chi connectivity index (χ0v) is 13.0. The Labute approximate surface area is 130 Å². The van der Waals surface area contributed by atoms with E-state index in [-0.39, 0.29) is 0 Å². The van der Waals surface area contributed by atoms with Gasteiger partial charge in [-0.05, 0) is 31.2 Å². The lowest BCUT2D eigenvalue weighted by Crippen LogP contribution is -1.93. The molecular formula is C13H12ClN5OS. The lowest BCUT2D eigenvalue weighted by molar-refractivity contribution is 0.391. The van der Waals surface area contributed by atoms with Gasteiger partial charge in [-0.2, -0.15) is 4.98 Å². The van der Waals surface area contributed by atoms with Crippen molar-refractivity contribution in [3.8, 4) is 11.4 Å². The molecule has 2 aromatic heterocycles. The highest BCUT2D eigenvalue weighted by Gasteiger charge is 2.11. The molecule has 3 aromatic rings. The monoisotopic (exact) mass is 321 g/mol. The molecule has 0 saturated carbocycles. The summed E-state index contributed by atoms with van der Waals surface area (Å²) < 4.78 is 7.16. The molecule has 0 aliphatic carbocycles. The van der Waals surface area contributed by atoms with Crippen LogP contribution in [0, 0.1) is 6.92 Å². The van der Waals surface area contributed by atoms with E-state index < -0.39 is 0 Å². The van der Waals surface area contributed by atoms with E-state index in [1.54, 1.807) is 12.1 Å². The minimum atomic E-state index is 0.547. The van der Waals surface area contributed by atoms with Gasteiger partial charge in [0.2, 0.25) is 11.7 Å². The van der Waals surface area contributed by atoms with Gasteiger partial charge in [0.25, 0.3) is 0 Å². The van der Waals surface area contributed by atoms with Crippen LogP contribution in [0.5, 0.6) is 0 Å². The third-order valence-electron chi connectivity index (χ3n) is 2.95. The Morgan fingerprint density at radius 3 is 2.67 bits per heavy atom. The van der Waals surface area contributed by atoms with E-state index in [1.165, 1.54) is 11.8 Å². The predicted molar refractivity (Wildman–Crippen MR) is 80.0 cm³/mol. The van der Waals surface area contributed by atoms with Crippen LogP contribution in [0.25, 0.3) is 11.4 Å². The summed E-state index contributed by atoms with van der Waals surface area (Å²) in [4.78, 5) is 4.36. The SMILES string of the molecule is Cc1nnc(SCc2nc(-c3ccc(Cl)cc3)no2)n1C. The van der Waals surface area contributed by atoms with Gasteiger partial charge in [0.1, 0.15) is 5.82 Å². The topological polar surface area (TPSA) is 69.6 Å². The van der Waals surface area contributed by atoms with Gasteiger partial charge in [-0.1, -0.05) is 28.5 Å². The Morgan fingerprint density at radius 2 is 2.00 bits per heavy atom. The van der Waals surface area contributed by atoms with Gasteiger partial charge in [0, 0.05) is 17.6 Å². The molecule has 0 amide bonds. The second kappa shape index (κ2) is 5.87. The summed E-state index contributed by atoms with van der Waals surface area (Å²) in [5, 5.41) is 13.5. The zero-order valence-electron chi connectivity index (χ0n) is 11.4. The first-order valence-corrected chi connectivity index (χ1v) is 7.57. The van der Waals surface area contributed by atoms with E-state index in [2.05, 4.69) is 20.3 Å². The van der Waals surface area contributed by atoms with Crippen molar-refractivity contribution in [1.29, 1.82) is 0 Å². The van der Waals surface area contributed by atoms with Gasteiger partial charge in [-0.3, -0.25) is 0 Å². The van der Waals surface area contributed by atoms with E-state index in [1.807, 2.05) is 30.7 Å². The molecule has 0 fully saturated rings. The number of thioether (sulfide) groups is 1. The minimum absolute atomic E-state index is 0.547. The highest BCUT2D eigenvalue weighted by Crippen LogP contribution is 2.23. The first-order valence-electron chi connectivity index (χ1n) is 6.21. The van der Waals surface area contributed by atoms with E-state index in [4.69, 9.17) is 16.1 Å². The lowest BCUT2D eigenvalue weighted by atomic mass is 10.2. The standard InChI is InChI=1S/C13H12ClN5OS/c1-8-16-17-13(19(8)2)21-7-11-15-12(18-20-11)9-3-5-10(14)6-4-9/h3-6H,7H2,1-2H3. The number of rotatable bonds is 4. The minimum Gasteiger partial charge on any atom is -0.338 e. The van der Waals surface area contributed by atoms with Crippen LogP contribution in [0.15, 0.2) is 33.9 Å². The predicted octanol–water partition coefficient (Wildman–Crippen LogP) is 3.12. The van der Waals surface area contributed by atoms with Crippen LogP contribution in [0.1, 0.15) is 11.7 Å². The summed E-state index contributed by atoms with van der Waals surface area (Å²) in [6.45, 7) is 1.91. The lowest BCUT2D eigenvalue weighted by Gasteiger charge is -1.98. The van der Waals surface area contributed by atoms with Crippen molar-refractivity contribution in [3.63, 3.8) is 0 Å². The normalized spacial score (nSPS) is 11.0. The van der Waals surface area contributed by atoms with E-state index in [0.29, 0.717) is 22.5 Å². The molecule has 108 valence electrons. The molecular weight excluding hydrogens is 310 g/mol. The van der Waals surface area contributed by atoms with Crippen molar-refractivity contribution in [1.82, 2.24) is 24.9 Å². The van der Waals surface area contributed by atoms with Crippen molar-refractivity contribution in [3.05, 3.63) is 41.0 Å². The fourth-order valence-corrected chi connectivity index (χ4v) is 2.59. The first kappa shape index (κ1) is 14.1. The van der Waals surface area contributed by atoms with Gasteiger partial charge in [0.05, 0.1) is 5.75 Å². The molecule has 3 rings (SSSR count). The Hall–Kier alpha value is -1.86. The van der Waals surface area contributed by atoms with Crippen LogP contribution < -0.4 is 0 Å². The van der Waals surface area contributed by atoms with Crippen LogP contribution in [-0.4, -0.2) is 24.9 Å². The average Bonchev–Trinajstić information content (AvgIpc) is 3.07. The Kier molecular flexibility index (Phi) is 3.94. The molecule has 0 aliphatic heterocycles. The van der Waals surface area contributed by atoms with Crippen molar-refractivity contribution in [2.45, 2.75) is 17.8 Å². The van der Waals surface area contributed by atoms with Gasteiger partial charge in [-0.25, -0.2) is 0 Å². The maximum Gasteiger partial charge on any atom is 0.237 e. The van der Waals surface area contributed by atoms with Crippen LogP contribution in [0.3, 0.4) is 0 Å². The Balaban J connectivity index is 1.70. The van der Waals surface area contributed by atoms with Crippen molar-refractivity contribution in [2.24, 2.45) is 7.05 Å². The maximum absolute atomic E-state index is 5.86. The first-order chi connectivity index (χ1) is 10.1. The zero-order chi connectivity index (χ0) is 14.8. The summed E-state index contributed by atoms with van der Waals surface area (Å²) in [6.07, 6.45) is 0. The second-order valence-electron chi connectivity index (χ2n) is 4.40. The molecule has 8 heteroatoms. The number of hydrogen-bond donors (Lipinski definition) is 0. The van der Waals surface area contributed by atoms with E-state index in [0.717, 1.165) is 16.5 Å². The number of aryl methyl sites for hydroxylation is 1. The van der Waals surface area contributed by atoms with Crippen LogP contribution in [0.4, 0.5) is 0 Å². The van der Waals surface area contributed by atoms with Crippen molar-refractivity contribution < 1.29 is 4.52 Å². The fraction of sp³-hybridized carbons (Fsp3) is 0.231. The van der Waals surface area contributed by atoms with Gasteiger partial charge >= 0.3 is 0 Å². The molecule has 0 atom stereocenters. The molecule has 0 radical (unpaired) electrons. The van der Waals surface area contributed by atoms with Gasteiger partial charge in [0.15, 0.2) is 5.16 Å². The molecule has 0 unspecified atom stereocenters. The molecule has 2 heterocycles. The Bertz CT molecular complexity index is 752. The molecule has 0 bridgehead atoms. The van der Waals surface area contributed by atoms with E-state index >= 15 is 0 Å². The van der Waals surface area contributed by atoms with Crippen LogP contribution in [-0.2, 0) is 12.8 Å².